The molecule has 1 unspecified atom stereocenters. The zero-order chi connectivity index (χ0) is 19.9. The van der Waals surface area contributed by atoms with Gasteiger partial charge in [0.2, 0.25) is 0 Å². The molecule has 2 N–H and O–H groups in total. The molecule has 1 fully saturated rings. The molecule has 1 aromatic heterocycles. The van der Waals surface area contributed by atoms with E-state index in [1.807, 2.05) is 0 Å². The number of aromatic amines is 1. The van der Waals surface area contributed by atoms with Gasteiger partial charge in [0, 0.05) is 6.61 Å². The summed E-state index contributed by atoms with van der Waals surface area (Å²) in [6.45, 7) is 0.670. The number of anilines is 1. The van der Waals surface area contributed by atoms with Gasteiger partial charge in [0.15, 0.2) is 0 Å². The summed E-state index contributed by atoms with van der Waals surface area (Å²) in [6.07, 6.45) is -2.94. The van der Waals surface area contributed by atoms with Crippen molar-refractivity contribution < 1.29 is 26.3 Å². The van der Waals surface area contributed by atoms with Crippen LogP contribution in [0.3, 0.4) is 0 Å². The Morgan fingerprint density at radius 1 is 1.18 bits per heavy atom. The third-order valence-corrected chi connectivity index (χ3v) is 5.84. The predicted molar refractivity (Wildman–Crippen MR) is 96.3 cm³/mol. The van der Waals surface area contributed by atoms with Crippen LogP contribution >= 0.6 is 0 Å². The minimum Gasteiger partial charge on any atom is -0.370 e. The van der Waals surface area contributed by atoms with Gasteiger partial charge in [-0.05, 0) is 49.2 Å². The lowest BCUT2D eigenvalue weighted by Gasteiger charge is -2.11. The molecule has 1 saturated heterocycles. The summed E-state index contributed by atoms with van der Waals surface area (Å²) >= 11 is 0. The summed E-state index contributed by atoms with van der Waals surface area (Å²) in [6, 6.07) is 8.29. The van der Waals surface area contributed by atoms with Crippen molar-refractivity contribution >= 4 is 26.7 Å². The average molecular weight is 411 g/mol. The molecule has 4 rings (SSSR count). The minimum absolute atomic E-state index is 0.113. The number of sulfonamides is 1. The molecular weight excluding hydrogens is 395 g/mol. The van der Waals surface area contributed by atoms with E-state index < -0.39 is 26.7 Å². The van der Waals surface area contributed by atoms with E-state index >= 15 is 0 Å². The highest BCUT2D eigenvalue weighted by Crippen LogP contribution is 2.32. The number of aromatic nitrogens is 2. The zero-order valence-corrected chi connectivity index (χ0v) is 15.3. The minimum atomic E-state index is -4.63. The lowest BCUT2D eigenvalue weighted by molar-refractivity contribution is -0.137. The van der Waals surface area contributed by atoms with Gasteiger partial charge in [-0.1, -0.05) is 6.07 Å². The Morgan fingerprint density at radius 2 is 2.00 bits per heavy atom. The number of hydrogen-bond donors (Lipinski definition) is 2. The molecule has 0 saturated carbocycles. The Labute approximate surface area is 158 Å². The van der Waals surface area contributed by atoms with Crippen molar-refractivity contribution in [3.8, 4) is 0 Å². The van der Waals surface area contributed by atoms with E-state index in [1.165, 1.54) is 6.07 Å². The normalized spacial score (nSPS) is 17.9. The van der Waals surface area contributed by atoms with Crippen molar-refractivity contribution in [3.05, 3.63) is 53.9 Å². The smallest absolute Gasteiger partial charge is 0.370 e. The summed E-state index contributed by atoms with van der Waals surface area (Å²) in [4.78, 5) is 7.09. The first kappa shape index (κ1) is 18.8. The molecule has 0 radical (unpaired) electrons. The van der Waals surface area contributed by atoms with Gasteiger partial charge in [-0.3, -0.25) is 4.72 Å². The summed E-state index contributed by atoms with van der Waals surface area (Å²) in [5, 5.41) is 0. The molecule has 0 bridgehead atoms. The molecule has 0 aliphatic carbocycles. The van der Waals surface area contributed by atoms with Crippen LogP contribution < -0.4 is 4.72 Å². The Kier molecular flexibility index (Phi) is 4.54. The van der Waals surface area contributed by atoms with E-state index in [2.05, 4.69) is 14.7 Å². The van der Waals surface area contributed by atoms with Crippen LogP contribution in [0.2, 0.25) is 0 Å². The highest BCUT2D eigenvalue weighted by Gasteiger charge is 2.31. The van der Waals surface area contributed by atoms with Crippen molar-refractivity contribution in [3.63, 3.8) is 0 Å². The van der Waals surface area contributed by atoms with Gasteiger partial charge < -0.3 is 9.72 Å². The monoisotopic (exact) mass is 411 g/mol. The second-order valence-corrected chi connectivity index (χ2v) is 8.17. The highest BCUT2D eigenvalue weighted by atomic mass is 32.2. The molecule has 10 heteroatoms. The van der Waals surface area contributed by atoms with E-state index in [0.717, 1.165) is 31.0 Å². The predicted octanol–water partition coefficient (Wildman–Crippen LogP) is 4.23. The third-order valence-electron chi connectivity index (χ3n) is 4.46. The lowest BCUT2D eigenvalue weighted by atomic mass is 10.2. The Hall–Kier alpha value is -2.59. The van der Waals surface area contributed by atoms with Gasteiger partial charge in [-0.15, -0.1) is 0 Å². The van der Waals surface area contributed by atoms with Crippen LogP contribution in [0.15, 0.2) is 47.4 Å². The number of fused-ring (bicyclic) bond motifs is 1. The summed E-state index contributed by atoms with van der Waals surface area (Å²) < 4.78 is 71.5. The Balaban J connectivity index is 1.61. The first-order valence-electron chi connectivity index (χ1n) is 8.54. The quantitative estimate of drug-likeness (QED) is 0.673. The van der Waals surface area contributed by atoms with E-state index in [0.29, 0.717) is 29.5 Å². The average Bonchev–Trinajstić information content (AvgIpc) is 3.30. The first-order valence-corrected chi connectivity index (χ1v) is 10.0. The van der Waals surface area contributed by atoms with Crippen LogP contribution in [-0.2, 0) is 20.9 Å². The molecule has 2 aromatic carbocycles. The van der Waals surface area contributed by atoms with Crippen LogP contribution in [-0.4, -0.2) is 25.0 Å². The fourth-order valence-corrected chi connectivity index (χ4v) is 4.19. The second-order valence-electron chi connectivity index (χ2n) is 6.49. The number of rotatable bonds is 4. The third kappa shape index (κ3) is 3.69. The number of nitrogens with one attached hydrogen (secondary N) is 2. The van der Waals surface area contributed by atoms with Gasteiger partial charge in [0.1, 0.15) is 11.9 Å². The number of nitrogens with zero attached hydrogens (tertiary/aromatic N) is 1. The van der Waals surface area contributed by atoms with Crippen LogP contribution in [0.4, 0.5) is 18.9 Å². The maximum atomic E-state index is 12.9. The molecule has 28 heavy (non-hydrogen) atoms. The van der Waals surface area contributed by atoms with Gasteiger partial charge >= 0.3 is 6.18 Å². The van der Waals surface area contributed by atoms with Crippen LogP contribution in [0.5, 0.6) is 0 Å². The number of hydrogen-bond acceptors (Lipinski definition) is 4. The van der Waals surface area contributed by atoms with Gasteiger partial charge in [-0.25, -0.2) is 13.4 Å². The Morgan fingerprint density at radius 3 is 2.71 bits per heavy atom. The fraction of sp³-hybridized carbons (Fsp3) is 0.278. The van der Waals surface area contributed by atoms with Crippen molar-refractivity contribution in [2.45, 2.75) is 30.0 Å². The number of benzene rings is 2. The molecule has 0 spiro atoms. The molecule has 1 aliphatic rings. The molecular formula is C18H16F3N3O3S. The van der Waals surface area contributed by atoms with Gasteiger partial charge in [0.05, 0.1) is 27.2 Å². The van der Waals surface area contributed by atoms with Crippen LogP contribution in [0.25, 0.3) is 11.0 Å². The molecule has 1 atom stereocenters. The largest absolute Gasteiger partial charge is 0.416 e. The lowest BCUT2D eigenvalue weighted by Crippen LogP contribution is -2.14. The summed E-state index contributed by atoms with van der Waals surface area (Å²) in [5.74, 6) is 0.672. The number of imidazole rings is 1. The van der Waals surface area contributed by atoms with Crippen molar-refractivity contribution in [2.75, 3.05) is 11.3 Å². The van der Waals surface area contributed by atoms with Gasteiger partial charge in [0.25, 0.3) is 10.0 Å². The molecule has 1 aliphatic heterocycles. The molecule has 6 nitrogen and oxygen atoms in total. The van der Waals surface area contributed by atoms with E-state index in [-0.39, 0.29) is 11.8 Å². The number of H-pyrrole nitrogens is 1. The van der Waals surface area contributed by atoms with Crippen molar-refractivity contribution in [2.24, 2.45) is 0 Å². The molecule has 3 aromatic rings. The summed E-state index contributed by atoms with van der Waals surface area (Å²) in [7, 11) is -4.18. The molecule has 2 heterocycles. The Bertz CT molecular complexity index is 1120. The molecule has 0 amide bonds. The molecule has 148 valence electrons. The van der Waals surface area contributed by atoms with Crippen LogP contribution in [0, 0.1) is 0 Å². The fourth-order valence-electron chi connectivity index (χ4n) is 3.09. The van der Waals surface area contributed by atoms with E-state index in [1.54, 1.807) is 12.1 Å². The second kappa shape index (κ2) is 6.78. The standard InChI is InChI=1S/C18H16F3N3O3S/c19-18(20,21)11-3-1-4-13(9-11)28(25,26)24-12-6-7-14-15(10-12)23-17(22-14)16-5-2-8-27-16/h1,3-4,6-7,9-10,16,24H,2,5,8H2,(H,22,23). The first-order chi connectivity index (χ1) is 13.2. The van der Waals surface area contributed by atoms with Crippen molar-refractivity contribution in [1.29, 1.82) is 0 Å². The van der Waals surface area contributed by atoms with Gasteiger partial charge in [-0.2, -0.15) is 13.2 Å². The highest BCUT2D eigenvalue weighted by molar-refractivity contribution is 7.92. The SMILES string of the molecule is O=S(=O)(Nc1ccc2nc(C3CCCO3)[nH]c2c1)c1cccc(C(F)(F)F)c1. The number of ether oxygens (including phenoxy) is 1. The van der Waals surface area contributed by atoms with Crippen LogP contribution in [0.1, 0.15) is 30.3 Å². The topological polar surface area (TPSA) is 84.1 Å². The number of alkyl halides is 3. The maximum Gasteiger partial charge on any atom is 0.416 e. The number of halogens is 3. The van der Waals surface area contributed by atoms with Crippen molar-refractivity contribution in [1.82, 2.24) is 9.97 Å². The zero-order valence-electron chi connectivity index (χ0n) is 14.5. The van der Waals surface area contributed by atoms with E-state index in [4.69, 9.17) is 4.74 Å². The maximum absolute atomic E-state index is 12.9. The summed E-state index contributed by atoms with van der Waals surface area (Å²) in [5.41, 5.74) is 0.440. The van der Waals surface area contributed by atoms with E-state index in [9.17, 15) is 21.6 Å².